The second-order valence-corrected chi connectivity index (χ2v) is 10.6. The summed E-state index contributed by atoms with van der Waals surface area (Å²) in [6, 6.07) is -0.666. The van der Waals surface area contributed by atoms with Crippen LogP contribution in [0, 0.1) is 0 Å². The molecular formula is C24H32F3N3O3S2. The Morgan fingerprint density at radius 2 is 1.94 bits per heavy atom. The first-order chi connectivity index (χ1) is 16.7. The van der Waals surface area contributed by atoms with E-state index in [2.05, 4.69) is 22.1 Å². The van der Waals surface area contributed by atoms with Gasteiger partial charge in [-0.05, 0) is 61.6 Å². The van der Waals surface area contributed by atoms with Crippen molar-refractivity contribution in [2.45, 2.75) is 65.2 Å². The summed E-state index contributed by atoms with van der Waals surface area (Å²) in [6.45, 7) is 9.58. The van der Waals surface area contributed by atoms with Crippen molar-refractivity contribution in [2.24, 2.45) is 0 Å². The fourth-order valence-electron chi connectivity index (χ4n) is 4.21. The number of thioether (sulfide) groups is 1. The first-order valence-corrected chi connectivity index (χ1v) is 13.7. The largest absolute Gasteiger partial charge is 0.462 e. The van der Waals surface area contributed by atoms with Gasteiger partial charge < -0.3 is 15.4 Å². The fourth-order valence-corrected chi connectivity index (χ4v) is 6.58. The number of hydrogen-bond acceptors (Lipinski definition) is 6. The number of alkyl halides is 3. The van der Waals surface area contributed by atoms with E-state index in [0.717, 1.165) is 37.1 Å². The van der Waals surface area contributed by atoms with Crippen LogP contribution in [0.3, 0.4) is 0 Å². The summed E-state index contributed by atoms with van der Waals surface area (Å²) in [5.41, 5.74) is 1.64. The zero-order valence-electron chi connectivity index (χ0n) is 20.1. The van der Waals surface area contributed by atoms with Gasteiger partial charge in [0.05, 0.1) is 17.2 Å². The SMILES string of the molecule is C=C1CCCCCS/C(NC(=O)NCc2c(C(F)(F)F)sc3c2CCN(CC)C3)=C\1C(=O)OCC. The van der Waals surface area contributed by atoms with Crippen molar-refractivity contribution in [3.63, 3.8) is 0 Å². The maximum absolute atomic E-state index is 13.8. The van der Waals surface area contributed by atoms with Crippen molar-refractivity contribution in [1.29, 1.82) is 0 Å². The molecule has 3 heterocycles. The van der Waals surface area contributed by atoms with Gasteiger partial charge >= 0.3 is 18.2 Å². The highest BCUT2D eigenvalue weighted by molar-refractivity contribution is 8.03. The van der Waals surface area contributed by atoms with Crippen LogP contribution in [0.5, 0.6) is 0 Å². The summed E-state index contributed by atoms with van der Waals surface area (Å²) in [7, 11) is 0. The Morgan fingerprint density at radius 1 is 1.17 bits per heavy atom. The highest BCUT2D eigenvalue weighted by atomic mass is 32.2. The van der Waals surface area contributed by atoms with Crippen LogP contribution in [0.15, 0.2) is 22.8 Å². The quantitative estimate of drug-likeness (QED) is 0.469. The van der Waals surface area contributed by atoms with E-state index in [-0.39, 0.29) is 24.3 Å². The Kier molecular flexibility index (Phi) is 9.71. The summed E-state index contributed by atoms with van der Waals surface area (Å²) in [6.07, 6.45) is -0.612. The first-order valence-electron chi connectivity index (χ1n) is 11.9. The molecule has 0 atom stereocenters. The highest BCUT2D eigenvalue weighted by Crippen LogP contribution is 2.42. The summed E-state index contributed by atoms with van der Waals surface area (Å²) < 4.78 is 46.5. The summed E-state index contributed by atoms with van der Waals surface area (Å²) in [5.74, 6) is 0.129. The smallest absolute Gasteiger partial charge is 0.425 e. The number of carbonyl (C=O) groups is 2. The van der Waals surface area contributed by atoms with Crippen LogP contribution in [-0.4, -0.2) is 42.3 Å². The lowest BCUT2D eigenvalue weighted by molar-refractivity contribution is -0.138. The van der Waals surface area contributed by atoms with Gasteiger partial charge in [-0.2, -0.15) is 13.2 Å². The van der Waals surface area contributed by atoms with Crippen LogP contribution in [-0.2, 0) is 35.2 Å². The van der Waals surface area contributed by atoms with E-state index in [0.29, 0.717) is 52.7 Å². The molecule has 0 aromatic carbocycles. The summed E-state index contributed by atoms with van der Waals surface area (Å²) in [4.78, 5) is 27.6. The average Bonchev–Trinajstić information content (AvgIpc) is 3.21. The minimum atomic E-state index is -4.49. The van der Waals surface area contributed by atoms with E-state index in [9.17, 15) is 22.8 Å². The zero-order valence-corrected chi connectivity index (χ0v) is 21.7. The number of hydrogen-bond donors (Lipinski definition) is 2. The number of nitrogens with one attached hydrogen (secondary N) is 2. The van der Waals surface area contributed by atoms with Crippen molar-refractivity contribution in [1.82, 2.24) is 15.5 Å². The molecule has 1 aromatic rings. The standard InChI is InChI=1S/C24H32F3N3O3S2/c1-4-30-11-10-16-17(20(24(25,26)27)35-18(16)14-30)13-28-23(32)29-21-19(22(31)33-5-2)15(3)9-7-6-8-12-34-21/h3-14H2,1-2H3,(H2,28,29,32)/b21-19+. The Labute approximate surface area is 212 Å². The third-order valence-electron chi connectivity index (χ3n) is 6.03. The monoisotopic (exact) mass is 531 g/mol. The minimum absolute atomic E-state index is 0.134. The predicted molar refractivity (Wildman–Crippen MR) is 133 cm³/mol. The number of rotatable bonds is 6. The van der Waals surface area contributed by atoms with E-state index in [1.54, 1.807) is 6.92 Å². The topological polar surface area (TPSA) is 70.7 Å². The molecule has 6 nitrogen and oxygen atoms in total. The van der Waals surface area contributed by atoms with Crippen molar-refractivity contribution >= 4 is 35.1 Å². The van der Waals surface area contributed by atoms with Gasteiger partial charge in [0, 0.05) is 24.5 Å². The van der Waals surface area contributed by atoms with Gasteiger partial charge in [-0.25, -0.2) is 9.59 Å². The van der Waals surface area contributed by atoms with E-state index in [4.69, 9.17) is 4.74 Å². The van der Waals surface area contributed by atoms with Gasteiger partial charge in [0.15, 0.2) is 0 Å². The molecule has 194 valence electrons. The van der Waals surface area contributed by atoms with E-state index in [1.807, 2.05) is 6.92 Å². The molecule has 0 bridgehead atoms. The van der Waals surface area contributed by atoms with Crippen molar-refractivity contribution in [3.05, 3.63) is 43.6 Å². The molecule has 2 aliphatic rings. The molecule has 0 radical (unpaired) electrons. The van der Waals surface area contributed by atoms with Gasteiger partial charge in [-0.1, -0.05) is 19.9 Å². The van der Waals surface area contributed by atoms with Gasteiger partial charge in [-0.15, -0.1) is 23.1 Å². The molecule has 11 heteroatoms. The second kappa shape index (κ2) is 12.3. The van der Waals surface area contributed by atoms with Crippen LogP contribution < -0.4 is 10.6 Å². The van der Waals surface area contributed by atoms with Crippen LogP contribution in [0.4, 0.5) is 18.0 Å². The maximum Gasteiger partial charge on any atom is 0.425 e. The van der Waals surface area contributed by atoms with E-state index >= 15 is 0 Å². The average molecular weight is 532 g/mol. The number of thiophene rings is 1. The lowest BCUT2D eigenvalue weighted by Crippen LogP contribution is -2.36. The molecule has 35 heavy (non-hydrogen) atoms. The Morgan fingerprint density at radius 3 is 2.63 bits per heavy atom. The molecule has 1 aromatic heterocycles. The number of ether oxygens (including phenoxy) is 1. The molecule has 2 N–H and O–H groups in total. The number of nitrogens with zero attached hydrogens (tertiary/aromatic N) is 1. The minimum Gasteiger partial charge on any atom is -0.462 e. The highest BCUT2D eigenvalue weighted by Gasteiger charge is 2.39. The fraction of sp³-hybridized carbons (Fsp3) is 0.583. The Balaban J connectivity index is 1.81. The van der Waals surface area contributed by atoms with Crippen molar-refractivity contribution < 1.29 is 27.5 Å². The summed E-state index contributed by atoms with van der Waals surface area (Å²) >= 11 is 2.09. The Bertz CT molecular complexity index is 989. The third-order valence-corrected chi connectivity index (χ3v) is 8.42. The first kappa shape index (κ1) is 27.6. The Hall–Kier alpha value is -1.98. The lowest BCUT2D eigenvalue weighted by Gasteiger charge is -2.25. The summed E-state index contributed by atoms with van der Waals surface area (Å²) in [5, 5.41) is 5.62. The molecule has 2 amide bonds. The molecule has 0 unspecified atom stereocenters. The number of halogens is 3. The van der Waals surface area contributed by atoms with Crippen LogP contribution >= 0.6 is 23.1 Å². The number of urea groups is 1. The van der Waals surface area contributed by atoms with Gasteiger partial charge in [-0.3, -0.25) is 4.90 Å². The molecule has 0 aliphatic carbocycles. The van der Waals surface area contributed by atoms with Crippen LogP contribution in [0.1, 0.15) is 60.4 Å². The predicted octanol–water partition coefficient (Wildman–Crippen LogP) is 5.58. The second-order valence-electron chi connectivity index (χ2n) is 8.42. The molecule has 2 aliphatic heterocycles. The van der Waals surface area contributed by atoms with Crippen molar-refractivity contribution in [2.75, 3.05) is 25.4 Å². The van der Waals surface area contributed by atoms with Crippen molar-refractivity contribution in [3.8, 4) is 0 Å². The number of amides is 2. The molecular weight excluding hydrogens is 499 g/mol. The van der Waals surface area contributed by atoms with Gasteiger partial charge in [0.2, 0.25) is 0 Å². The molecule has 0 fully saturated rings. The van der Waals surface area contributed by atoms with E-state index in [1.165, 1.54) is 11.8 Å². The number of likely N-dealkylation sites (N-methyl/N-ethyl adjacent to an activating group) is 1. The molecule has 0 saturated carbocycles. The molecule has 3 rings (SSSR count). The lowest BCUT2D eigenvalue weighted by atomic mass is 10.0. The van der Waals surface area contributed by atoms with E-state index < -0.39 is 23.1 Å². The van der Waals surface area contributed by atoms with Gasteiger partial charge in [0.1, 0.15) is 4.88 Å². The van der Waals surface area contributed by atoms with Crippen LogP contribution in [0.2, 0.25) is 0 Å². The normalized spacial score (nSPS) is 19.9. The third kappa shape index (κ3) is 7.04. The molecule has 0 spiro atoms. The number of carbonyl (C=O) groups excluding carboxylic acids is 2. The molecule has 0 saturated heterocycles. The number of esters is 1. The zero-order chi connectivity index (χ0) is 25.6. The maximum atomic E-state index is 13.8. The van der Waals surface area contributed by atoms with Gasteiger partial charge in [0.25, 0.3) is 0 Å². The number of fused-ring (bicyclic) bond motifs is 1. The van der Waals surface area contributed by atoms with Crippen LogP contribution in [0.25, 0.3) is 0 Å².